The molecule has 0 spiro atoms. The van der Waals surface area contributed by atoms with Crippen LogP contribution < -0.4 is 14.8 Å². The summed E-state index contributed by atoms with van der Waals surface area (Å²) in [4.78, 5) is 10.7. The van der Waals surface area contributed by atoms with Gasteiger partial charge in [-0.3, -0.25) is 10.1 Å². The summed E-state index contributed by atoms with van der Waals surface area (Å²) in [6.45, 7) is 4.06. The van der Waals surface area contributed by atoms with Gasteiger partial charge in [-0.15, -0.1) is 0 Å². The number of hydrogen-bond acceptors (Lipinski definition) is 7. The van der Waals surface area contributed by atoms with E-state index >= 15 is 0 Å². The van der Waals surface area contributed by atoms with E-state index in [9.17, 15) is 10.1 Å². The van der Waals surface area contributed by atoms with Crippen LogP contribution >= 0.6 is 0 Å². The number of anilines is 1. The summed E-state index contributed by atoms with van der Waals surface area (Å²) in [6.07, 6.45) is 0. The Morgan fingerprint density at radius 3 is 2.67 bits per heavy atom. The molecule has 0 bridgehead atoms. The normalized spacial score (nSPS) is 12.5. The van der Waals surface area contributed by atoms with E-state index in [1.54, 1.807) is 13.0 Å². The molecule has 0 unspecified atom stereocenters. The van der Waals surface area contributed by atoms with E-state index in [2.05, 4.69) is 10.5 Å². The molecule has 110 valence electrons. The summed E-state index contributed by atoms with van der Waals surface area (Å²) in [7, 11) is 0. The number of fused-ring (bicyclic) bond motifs is 1. The molecule has 2 heterocycles. The van der Waals surface area contributed by atoms with Gasteiger partial charge in [-0.2, -0.15) is 0 Å². The lowest BCUT2D eigenvalue weighted by atomic mass is 10.2. The molecule has 8 nitrogen and oxygen atoms in total. The van der Waals surface area contributed by atoms with E-state index in [1.807, 2.05) is 6.92 Å². The van der Waals surface area contributed by atoms with Crippen LogP contribution in [-0.4, -0.2) is 16.9 Å². The molecule has 0 amide bonds. The maximum Gasteiger partial charge on any atom is 0.296 e. The highest BCUT2D eigenvalue weighted by molar-refractivity contribution is 5.69. The SMILES string of the molecule is Cc1noc(C)c1CNc1cc2c(cc1[N+](=O)[O-])OCO2. The first-order chi connectivity index (χ1) is 10.1. The Labute approximate surface area is 119 Å². The van der Waals surface area contributed by atoms with Gasteiger partial charge in [-0.25, -0.2) is 0 Å². The number of aryl methyl sites for hydroxylation is 2. The van der Waals surface area contributed by atoms with Crippen LogP contribution in [0.2, 0.25) is 0 Å². The first kappa shape index (κ1) is 13.2. The predicted molar refractivity (Wildman–Crippen MR) is 72.5 cm³/mol. The number of nitrogens with zero attached hydrogens (tertiary/aromatic N) is 2. The molecule has 0 atom stereocenters. The Morgan fingerprint density at radius 2 is 2.05 bits per heavy atom. The maximum absolute atomic E-state index is 11.2. The van der Waals surface area contributed by atoms with Gasteiger partial charge in [0.25, 0.3) is 5.69 Å². The molecular weight excluding hydrogens is 278 g/mol. The second-order valence-electron chi connectivity index (χ2n) is 4.64. The average Bonchev–Trinajstić information content (AvgIpc) is 3.02. The first-order valence-electron chi connectivity index (χ1n) is 6.30. The number of aromatic nitrogens is 1. The van der Waals surface area contributed by atoms with Crippen molar-refractivity contribution < 1.29 is 18.9 Å². The van der Waals surface area contributed by atoms with Crippen LogP contribution in [-0.2, 0) is 6.54 Å². The fourth-order valence-corrected chi connectivity index (χ4v) is 2.16. The van der Waals surface area contributed by atoms with Crippen molar-refractivity contribution in [2.24, 2.45) is 0 Å². The Bertz CT molecular complexity index is 691. The standard InChI is InChI=1S/C13H13N3O5/c1-7-9(8(2)21-15-7)5-14-10-3-12-13(20-6-19-12)4-11(10)16(17)18/h3-4,14H,5-6H2,1-2H3. The largest absolute Gasteiger partial charge is 0.454 e. The molecule has 2 aromatic rings. The van der Waals surface area contributed by atoms with Gasteiger partial charge < -0.3 is 19.3 Å². The van der Waals surface area contributed by atoms with Crippen LogP contribution in [0.4, 0.5) is 11.4 Å². The second kappa shape index (κ2) is 4.97. The minimum absolute atomic E-state index is 0.0639. The van der Waals surface area contributed by atoms with Crippen molar-refractivity contribution in [3.05, 3.63) is 39.3 Å². The third-order valence-electron chi connectivity index (χ3n) is 3.32. The molecule has 8 heteroatoms. The highest BCUT2D eigenvalue weighted by atomic mass is 16.7. The smallest absolute Gasteiger partial charge is 0.296 e. The summed E-state index contributed by atoms with van der Waals surface area (Å²) in [5.41, 5.74) is 1.93. The molecule has 0 saturated heterocycles. The van der Waals surface area contributed by atoms with E-state index in [1.165, 1.54) is 6.07 Å². The fourth-order valence-electron chi connectivity index (χ4n) is 2.16. The highest BCUT2D eigenvalue weighted by Crippen LogP contribution is 2.40. The van der Waals surface area contributed by atoms with Crippen LogP contribution in [0.1, 0.15) is 17.0 Å². The van der Waals surface area contributed by atoms with E-state index in [-0.39, 0.29) is 12.5 Å². The van der Waals surface area contributed by atoms with Crippen molar-refractivity contribution in [1.82, 2.24) is 5.16 Å². The van der Waals surface area contributed by atoms with Crippen molar-refractivity contribution in [2.75, 3.05) is 12.1 Å². The molecule has 0 aliphatic carbocycles. The minimum atomic E-state index is -0.461. The zero-order valence-corrected chi connectivity index (χ0v) is 11.5. The van der Waals surface area contributed by atoms with E-state index in [0.717, 1.165) is 11.3 Å². The molecule has 0 saturated carbocycles. The Balaban J connectivity index is 1.89. The third-order valence-corrected chi connectivity index (χ3v) is 3.32. The summed E-state index contributed by atoms with van der Waals surface area (Å²) in [6, 6.07) is 2.93. The van der Waals surface area contributed by atoms with Gasteiger partial charge in [0, 0.05) is 18.2 Å². The number of rotatable bonds is 4. The molecular formula is C13H13N3O5. The number of hydrogen-bond donors (Lipinski definition) is 1. The molecule has 21 heavy (non-hydrogen) atoms. The quantitative estimate of drug-likeness (QED) is 0.682. The van der Waals surface area contributed by atoms with Crippen molar-refractivity contribution in [1.29, 1.82) is 0 Å². The molecule has 1 N–H and O–H groups in total. The maximum atomic E-state index is 11.2. The lowest BCUT2D eigenvalue weighted by Crippen LogP contribution is -2.04. The lowest BCUT2D eigenvalue weighted by molar-refractivity contribution is -0.384. The van der Waals surface area contributed by atoms with Gasteiger partial charge in [0.05, 0.1) is 16.7 Å². The molecule has 3 rings (SSSR count). The van der Waals surface area contributed by atoms with Crippen LogP contribution in [0.25, 0.3) is 0 Å². The van der Waals surface area contributed by atoms with Crippen LogP contribution in [0.3, 0.4) is 0 Å². The predicted octanol–water partition coefficient (Wildman–Crippen LogP) is 2.54. The summed E-state index contributed by atoms with van der Waals surface area (Å²) < 4.78 is 15.5. The van der Waals surface area contributed by atoms with Crippen molar-refractivity contribution in [2.45, 2.75) is 20.4 Å². The van der Waals surface area contributed by atoms with E-state index in [0.29, 0.717) is 29.5 Å². The van der Waals surface area contributed by atoms with Crippen molar-refractivity contribution >= 4 is 11.4 Å². The van der Waals surface area contributed by atoms with Gasteiger partial charge in [-0.05, 0) is 13.8 Å². The van der Waals surface area contributed by atoms with Gasteiger partial charge >= 0.3 is 0 Å². The second-order valence-corrected chi connectivity index (χ2v) is 4.64. The van der Waals surface area contributed by atoms with Gasteiger partial charge in [0.15, 0.2) is 11.5 Å². The number of nitro benzene ring substituents is 1. The zero-order valence-electron chi connectivity index (χ0n) is 11.5. The number of nitrogens with one attached hydrogen (secondary N) is 1. The molecule has 1 aliphatic rings. The topological polar surface area (TPSA) is 99.7 Å². The van der Waals surface area contributed by atoms with Gasteiger partial charge in [0.1, 0.15) is 11.4 Å². The van der Waals surface area contributed by atoms with Crippen molar-refractivity contribution in [3.8, 4) is 11.5 Å². The fraction of sp³-hybridized carbons (Fsp3) is 0.308. The summed E-state index contributed by atoms with van der Waals surface area (Å²) in [5, 5.41) is 18.0. The number of benzene rings is 1. The summed E-state index contributed by atoms with van der Waals surface area (Å²) >= 11 is 0. The van der Waals surface area contributed by atoms with E-state index in [4.69, 9.17) is 14.0 Å². The van der Waals surface area contributed by atoms with Crippen molar-refractivity contribution in [3.63, 3.8) is 0 Å². The Kier molecular flexibility index (Phi) is 3.13. The van der Waals surface area contributed by atoms with Crippen LogP contribution in [0.5, 0.6) is 11.5 Å². The lowest BCUT2D eigenvalue weighted by Gasteiger charge is -2.08. The van der Waals surface area contributed by atoms with Crippen LogP contribution in [0.15, 0.2) is 16.7 Å². The first-order valence-corrected chi connectivity index (χ1v) is 6.30. The van der Waals surface area contributed by atoms with E-state index < -0.39 is 4.92 Å². The molecule has 1 aromatic heterocycles. The van der Waals surface area contributed by atoms with Crippen LogP contribution in [0, 0.1) is 24.0 Å². The Morgan fingerprint density at radius 1 is 1.33 bits per heavy atom. The third kappa shape index (κ3) is 2.35. The molecule has 0 fully saturated rings. The highest BCUT2D eigenvalue weighted by Gasteiger charge is 2.23. The molecule has 0 radical (unpaired) electrons. The number of nitro groups is 1. The monoisotopic (exact) mass is 291 g/mol. The molecule has 1 aromatic carbocycles. The van der Waals surface area contributed by atoms with Gasteiger partial charge in [0.2, 0.25) is 6.79 Å². The number of ether oxygens (including phenoxy) is 2. The average molecular weight is 291 g/mol. The molecule has 1 aliphatic heterocycles. The zero-order chi connectivity index (χ0) is 15.0. The minimum Gasteiger partial charge on any atom is -0.454 e. The van der Waals surface area contributed by atoms with Gasteiger partial charge in [-0.1, -0.05) is 5.16 Å². The Hall–Kier alpha value is -2.77. The summed E-state index contributed by atoms with van der Waals surface area (Å²) in [5.74, 6) is 1.55.